The van der Waals surface area contributed by atoms with E-state index in [-0.39, 0.29) is 0 Å². The Kier molecular flexibility index (Phi) is 2.22. The lowest BCUT2D eigenvalue weighted by molar-refractivity contribution is 0.0536. The topological polar surface area (TPSA) is 31.2 Å². The van der Waals surface area contributed by atoms with Gasteiger partial charge in [0.15, 0.2) is 0 Å². The normalized spacial score (nSPS) is 11.2. The zero-order valence-electron chi connectivity index (χ0n) is 7.50. The molecule has 0 fully saturated rings. The summed E-state index contributed by atoms with van der Waals surface area (Å²) in [5.74, 6) is 0. The third kappa shape index (κ3) is 2.42. The van der Waals surface area contributed by atoms with Crippen LogP contribution in [0.5, 0.6) is 0 Å². The Morgan fingerprint density at radius 2 is 2.17 bits per heavy atom. The quantitative estimate of drug-likeness (QED) is 0.552. The number of hydrogen-bond donors (Lipinski definition) is 0. The van der Waals surface area contributed by atoms with Crippen LogP contribution in [0.2, 0.25) is 0 Å². The zero-order valence-corrected chi connectivity index (χ0v) is 7.50. The largest absolute Gasteiger partial charge is 0.487 e. The van der Waals surface area contributed by atoms with Gasteiger partial charge in [-0.05, 0) is 20.8 Å². The van der Waals surface area contributed by atoms with Gasteiger partial charge in [0.25, 0.3) is 0 Å². The van der Waals surface area contributed by atoms with Gasteiger partial charge in [0, 0.05) is 0 Å². The highest BCUT2D eigenvalue weighted by molar-refractivity contribution is 5.70. The summed E-state index contributed by atoms with van der Waals surface area (Å²) in [6.45, 7) is 5.48. The van der Waals surface area contributed by atoms with Crippen molar-refractivity contribution in [2.75, 3.05) is 0 Å². The Bertz CT molecular complexity index is 257. The van der Waals surface area contributed by atoms with Gasteiger partial charge in [-0.1, -0.05) is 6.20 Å². The first-order valence-corrected chi connectivity index (χ1v) is 3.77. The molecule has 0 saturated heterocycles. The summed E-state index contributed by atoms with van der Waals surface area (Å²) in [4.78, 5) is 11.2. The second kappa shape index (κ2) is 3.01. The van der Waals surface area contributed by atoms with Crippen LogP contribution in [-0.4, -0.2) is 16.3 Å². The standard InChI is InChI=1S/C9H12NO2/c1-9(2,3)12-8(11)10-6-4-5-7-10/h4-6H,1-3H3/q-1. The van der Waals surface area contributed by atoms with Crippen LogP contribution in [0.4, 0.5) is 4.79 Å². The second-order valence-corrected chi connectivity index (χ2v) is 3.49. The monoisotopic (exact) mass is 166 g/mol. The fourth-order valence-corrected chi connectivity index (χ4v) is 0.720. The summed E-state index contributed by atoms with van der Waals surface area (Å²) in [6, 6.07) is 3.38. The molecule has 0 amide bonds. The van der Waals surface area contributed by atoms with Crippen molar-refractivity contribution in [3.63, 3.8) is 0 Å². The number of carbonyl (C=O) groups excluding carboxylic acids is 1. The highest BCUT2D eigenvalue weighted by Crippen LogP contribution is 2.08. The minimum absolute atomic E-state index is 0.396. The molecule has 0 N–H and O–H groups in total. The second-order valence-electron chi connectivity index (χ2n) is 3.49. The Morgan fingerprint density at radius 1 is 1.50 bits per heavy atom. The summed E-state index contributed by atoms with van der Waals surface area (Å²) in [6.07, 6.45) is 3.91. The molecule has 0 aliphatic rings. The summed E-state index contributed by atoms with van der Waals surface area (Å²) in [7, 11) is 0. The van der Waals surface area contributed by atoms with Crippen molar-refractivity contribution in [2.24, 2.45) is 0 Å². The van der Waals surface area contributed by atoms with E-state index in [9.17, 15) is 4.79 Å². The van der Waals surface area contributed by atoms with Crippen molar-refractivity contribution in [1.29, 1.82) is 0 Å². The van der Waals surface area contributed by atoms with Gasteiger partial charge in [0.1, 0.15) is 0 Å². The van der Waals surface area contributed by atoms with E-state index in [2.05, 4.69) is 6.20 Å². The van der Waals surface area contributed by atoms with Crippen LogP contribution in [0.1, 0.15) is 20.8 Å². The maximum Gasteiger partial charge on any atom is 0.330 e. The van der Waals surface area contributed by atoms with Crippen molar-refractivity contribution >= 4 is 6.09 Å². The molecule has 0 aliphatic carbocycles. The number of aromatic nitrogens is 1. The molecule has 1 aromatic rings. The van der Waals surface area contributed by atoms with E-state index in [0.717, 1.165) is 0 Å². The Morgan fingerprint density at radius 3 is 2.58 bits per heavy atom. The third-order valence-corrected chi connectivity index (χ3v) is 1.14. The average molecular weight is 166 g/mol. The minimum atomic E-state index is -0.449. The van der Waals surface area contributed by atoms with E-state index in [1.54, 1.807) is 18.3 Å². The van der Waals surface area contributed by atoms with Crippen molar-refractivity contribution in [1.82, 2.24) is 4.57 Å². The molecule has 0 unspecified atom stereocenters. The van der Waals surface area contributed by atoms with E-state index >= 15 is 0 Å². The molecule has 12 heavy (non-hydrogen) atoms. The van der Waals surface area contributed by atoms with Crippen molar-refractivity contribution in [3.8, 4) is 0 Å². The first-order chi connectivity index (χ1) is 5.49. The van der Waals surface area contributed by atoms with Crippen molar-refractivity contribution < 1.29 is 9.53 Å². The molecular formula is C9H12NO2-. The molecule has 0 radical (unpaired) electrons. The van der Waals surface area contributed by atoms with Gasteiger partial charge >= 0.3 is 6.09 Å². The van der Waals surface area contributed by atoms with Gasteiger partial charge in [0.05, 0.1) is 5.60 Å². The van der Waals surface area contributed by atoms with E-state index in [1.165, 1.54) is 4.57 Å². The van der Waals surface area contributed by atoms with Gasteiger partial charge < -0.3 is 9.30 Å². The van der Waals surface area contributed by atoms with Gasteiger partial charge in [0.2, 0.25) is 0 Å². The van der Waals surface area contributed by atoms with E-state index < -0.39 is 11.7 Å². The summed E-state index contributed by atoms with van der Waals surface area (Å²) in [5, 5.41) is 0. The SMILES string of the molecule is CC(C)(C)OC(=O)n1[c-]ccc1. The predicted octanol–water partition coefficient (Wildman–Crippen LogP) is 2.07. The van der Waals surface area contributed by atoms with E-state index in [1.807, 2.05) is 20.8 Å². The summed E-state index contributed by atoms with van der Waals surface area (Å²) < 4.78 is 6.36. The van der Waals surface area contributed by atoms with Crippen LogP contribution in [0, 0.1) is 6.20 Å². The summed E-state index contributed by atoms with van der Waals surface area (Å²) in [5.41, 5.74) is -0.449. The van der Waals surface area contributed by atoms with Crippen LogP contribution in [0.3, 0.4) is 0 Å². The molecule has 66 valence electrons. The van der Waals surface area contributed by atoms with Crippen LogP contribution >= 0.6 is 0 Å². The lowest BCUT2D eigenvalue weighted by Gasteiger charge is -2.23. The number of carbonyl (C=O) groups is 1. The highest BCUT2D eigenvalue weighted by Gasteiger charge is 2.12. The highest BCUT2D eigenvalue weighted by atomic mass is 16.6. The van der Waals surface area contributed by atoms with Crippen LogP contribution < -0.4 is 0 Å². The van der Waals surface area contributed by atoms with Gasteiger partial charge in [-0.15, -0.1) is 12.3 Å². The van der Waals surface area contributed by atoms with Crippen molar-refractivity contribution in [2.45, 2.75) is 26.4 Å². The first-order valence-electron chi connectivity index (χ1n) is 3.77. The maximum atomic E-state index is 11.2. The van der Waals surface area contributed by atoms with Gasteiger partial charge in [-0.3, -0.25) is 4.79 Å². The fourth-order valence-electron chi connectivity index (χ4n) is 0.720. The zero-order chi connectivity index (χ0) is 9.19. The lowest BCUT2D eigenvalue weighted by Crippen LogP contribution is -2.26. The van der Waals surface area contributed by atoms with Crippen LogP contribution in [0.25, 0.3) is 0 Å². The van der Waals surface area contributed by atoms with Crippen LogP contribution in [-0.2, 0) is 4.74 Å². The third-order valence-electron chi connectivity index (χ3n) is 1.14. The molecule has 1 aromatic heterocycles. The average Bonchev–Trinajstić information content (AvgIpc) is 2.32. The number of ether oxygens (including phenoxy) is 1. The Labute approximate surface area is 72.0 Å². The van der Waals surface area contributed by atoms with Crippen LogP contribution in [0.15, 0.2) is 18.3 Å². The van der Waals surface area contributed by atoms with Crippen molar-refractivity contribution in [3.05, 3.63) is 24.5 Å². The van der Waals surface area contributed by atoms with Gasteiger partial charge in [-0.25, -0.2) is 0 Å². The molecule has 1 rings (SSSR count). The molecule has 1 heterocycles. The fraction of sp³-hybridized carbons (Fsp3) is 0.444. The Balaban J connectivity index is 2.63. The molecule has 0 bridgehead atoms. The molecule has 0 atom stereocenters. The number of hydrogen-bond acceptors (Lipinski definition) is 2. The van der Waals surface area contributed by atoms with E-state index in [0.29, 0.717) is 0 Å². The molecule has 0 aliphatic heterocycles. The predicted molar refractivity (Wildman–Crippen MR) is 44.9 cm³/mol. The molecule has 3 heteroatoms. The van der Waals surface area contributed by atoms with Gasteiger partial charge in [-0.2, -0.15) is 6.07 Å². The maximum absolute atomic E-state index is 11.2. The summed E-state index contributed by atoms with van der Waals surface area (Å²) >= 11 is 0. The Hall–Kier alpha value is -1.25. The first kappa shape index (κ1) is 8.84. The van der Waals surface area contributed by atoms with E-state index in [4.69, 9.17) is 4.74 Å². The molecular weight excluding hydrogens is 154 g/mol. The number of nitrogens with zero attached hydrogens (tertiary/aromatic N) is 1. The smallest absolute Gasteiger partial charge is 0.330 e. The lowest BCUT2D eigenvalue weighted by atomic mass is 10.2. The molecule has 3 nitrogen and oxygen atoms in total. The number of rotatable bonds is 0. The molecule has 0 aromatic carbocycles. The molecule has 0 saturated carbocycles. The minimum Gasteiger partial charge on any atom is -0.487 e. The molecule has 0 spiro atoms.